The number of sulfonamides is 1. The predicted octanol–water partition coefficient (Wildman–Crippen LogP) is 3.54. The number of urea groups is 1. The fourth-order valence-corrected chi connectivity index (χ4v) is 5.10. The topological polar surface area (TPSA) is 122 Å². The van der Waals surface area contributed by atoms with E-state index in [0.29, 0.717) is 28.9 Å². The summed E-state index contributed by atoms with van der Waals surface area (Å²) in [4.78, 5) is 25.1. The Balaban J connectivity index is 1.57. The molecular weight excluding hydrogens is 440 g/mol. The highest BCUT2D eigenvalue weighted by molar-refractivity contribution is 7.89. The Morgan fingerprint density at radius 1 is 1.09 bits per heavy atom. The van der Waals surface area contributed by atoms with E-state index in [1.54, 1.807) is 30.3 Å². The highest BCUT2D eigenvalue weighted by atomic mass is 32.2. The fraction of sp³-hybridized carbons (Fsp3) is 0.167. The molecule has 0 bridgehead atoms. The number of nitrogens with one attached hydrogen (secondary N) is 2. The van der Waals surface area contributed by atoms with Crippen molar-refractivity contribution < 1.29 is 18.0 Å². The van der Waals surface area contributed by atoms with Gasteiger partial charge in [-0.3, -0.25) is 4.79 Å². The van der Waals surface area contributed by atoms with Crippen molar-refractivity contribution in [3.05, 3.63) is 89.5 Å². The number of hydrogen-bond donors (Lipinski definition) is 3. The first-order chi connectivity index (χ1) is 15.8. The molecule has 0 aromatic heterocycles. The third kappa shape index (κ3) is 4.54. The molecule has 8 nitrogen and oxygen atoms in total. The van der Waals surface area contributed by atoms with Crippen LogP contribution in [0.5, 0.6) is 0 Å². The fourth-order valence-electron chi connectivity index (χ4n) is 3.70. The summed E-state index contributed by atoms with van der Waals surface area (Å²) in [7, 11) is -4.07. The van der Waals surface area contributed by atoms with E-state index in [1.165, 1.54) is 12.1 Å². The summed E-state index contributed by atoms with van der Waals surface area (Å²) in [6.45, 7) is 1.86. The number of carbonyl (C=O) groups excluding carboxylic acids is 2. The van der Waals surface area contributed by atoms with Gasteiger partial charge in [0.2, 0.25) is 0 Å². The Labute approximate surface area is 192 Å². The molecule has 0 aliphatic carbocycles. The Hall–Kier alpha value is -3.85. The van der Waals surface area contributed by atoms with Crippen molar-refractivity contribution in [2.75, 3.05) is 17.6 Å². The lowest BCUT2D eigenvalue weighted by Crippen LogP contribution is -2.34. The van der Waals surface area contributed by atoms with Crippen LogP contribution in [0, 0.1) is 0 Å². The number of nitrogens with zero attached hydrogens (tertiary/aromatic N) is 1. The van der Waals surface area contributed by atoms with E-state index in [-0.39, 0.29) is 17.3 Å². The molecule has 0 radical (unpaired) electrons. The average Bonchev–Trinajstić information content (AvgIpc) is 3.22. The molecule has 1 heterocycles. The van der Waals surface area contributed by atoms with Gasteiger partial charge >= 0.3 is 6.03 Å². The third-order valence-corrected chi connectivity index (χ3v) is 7.29. The molecule has 3 amide bonds. The molecule has 0 unspecified atom stereocenters. The summed E-state index contributed by atoms with van der Waals surface area (Å²) in [6, 6.07) is 19.1. The molecule has 1 atom stereocenters. The lowest BCUT2D eigenvalue weighted by atomic mass is 10.1. The monoisotopic (exact) mass is 464 g/mol. The first-order valence-electron chi connectivity index (χ1n) is 10.5. The minimum atomic E-state index is -4.07. The first kappa shape index (κ1) is 22.3. The molecule has 1 aliphatic rings. The Kier molecular flexibility index (Phi) is 6.06. The molecule has 33 heavy (non-hydrogen) atoms. The summed E-state index contributed by atoms with van der Waals surface area (Å²) in [6.07, 6.45) is 0.486. The van der Waals surface area contributed by atoms with Crippen LogP contribution in [0.4, 0.5) is 16.2 Å². The minimum Gasteiger partial charge on any atom is -0.399 e. The van der Waals surface area contributed by atoms with Crippen LogP contribution >= 0.6 is 0 Å². The second-order valence-electron chi connectivity index (χ2n) is 7.70. The molecule has 1 saturated heterocycles. The average molecular weight is 465 g/mol. The number of rotatable bonds is 6. The highest BCUT2D eigenvalue weighted by Gasteiger charge is 2.38. The van der Waals surface area contributed by atoms with Crippen LogP contribution < -0.4 is 16.4 Å². The maximum Gasteiger partial charge on any atom is 0.331 e. The first-order valence-corrected chi connectivity index (χ1v) is 11.9. The normalized spacial score (nSPS) is 15.8. The molecule has 9 heteroatoms. The van der Waals surface area contributed by atoms with Gasteiger partial charge in [0.15, 0.2) is 0 Å². The molecule has 4 rings (SSSR count). The summed E-state index contributed by atoms with van der Waals surface area (Å²) in [5.74, 6) is -0.329. The zero-order valence-corrected chi connectivity index (χ0v) is 18.8. The van der Waals surface area contributed by atoms with E-state index in [1.807, 2.05) is 37.3 Å². The maximum absolute atomic E-state index is 13.2. The molecule has 1 fully saturated rings. The van der Waals surface area contributed by atoms with Gasteiger partial charge in [0.1, 0.15) is 0 Å². The van der Waals surface area contributed by atoms with Crippen LogP contribution in [0.1, 0.15) is 34.5 Å². The van der Waals surface area contributed by atoms with E-state index in [4.69, 9.17) is 5.73 Å². The van der Waals surface area contributed by atoms with Crippen LogP contribution in [-0.4, -0.2) is 31.2 Å². The van der Waals surface area contributed by atoms with Crippen molar-refractivity contribution in [1.29, 1.82) is 0 Å². The van der Waals surface area contributed by atoms with Crippen molar-refractivity contribution in [3.63, 3.8) is 0 Å². The zero-order valence-electron chi connectivity index (χ0n) is 18.0. The number of anilines is 2. The number of nitrogen functional groups attached to an aromatic ring is 1. The smallest absolute Gasteiger partial charge is 0.331 e. The molecule has 1 aliphatic heterocycles. The van der Waals surface area contributed by atoms with Gasteiger partial charge in [0, 0.05) is 16.9 Å². The lowest BCUT2D eigenvalue weighted by Gasteiger charge is -2.17. The van der Waals surface area contributed by atoms with Gasteiger partial charge in [-0.25, -0.2) is 17.5 Å². The van der Waals surface area contributed by atoms with Crippen molar-refractivity contribution in [2.45, 2.75) is 24.3 Å². The summed E-state index contributed by atoms with van der Waals surface area (Å²) >= 11 is 0. The molecule has 0 spiro atoms. The van der Waals surface area contributed by atoms with E-state index in [9.17, 15) is 18.0 Å². The van der Waals surface area contributed by atoms with Crippen molar-refractivity contribution in [1.82, 2.24) is 9.62 Å². The Morgan fingerprint density at radius 2 is 1.79 bits per heavy atom. The number of hydrogen-bond acceptors (Lipinski definition) is 5. The number of aryl methyl sites for hydroxylation is 1. The molecule has 0 saturated carbocycles. The van der Waals surface area contributed by atoms with Gasteiger partial charge in [-0.2, -0.15) is 0 Å². The quantitative estimate of drug-likeness (QED) is 0.482. The number of nitrogens with two attached hydrogens (primary N) is 1. The number of carbonyl (C=O) groups is 2. The molecule has 4 N–H and O–H groups in total. The van der Waals surface area contributed by atoms with Crippen LogP contribution in [-0.2, 0) is 16.4 Å². The van der Waals surface area contributed by atoms with Crippen LogP contribution in [0.2, 0.25) is 0 Å². The molecular formula is C24H24N4O4S. The van der Waals surface area contributed by atoms with Gasteiger partial charge in [-0.15, -0.1) is 0 Å². The number of amides is 3. The Morgan fingerprint density at radius 3 is 2.45 bits per heavy atom. The highest BCUT2D eigenvalue weighted by Crippen LogP contribution is 2.28. The second kappa shape index (κ2) is 8.95. The largest absolute Gasteiger partial charge is 0.399 e. The van der Waals surface area contributed by atoms with Crippen LogP contribution in [0.25, 0.3) is 0 Å². The van der Waals surface area contributed by atoms with E-state index < -0.39 is 22.1 Å². The second-order valence-corrected chi connectivity index (χ2v) is 9.56. The standard InChI is InChI=1S/C24H24N4O4S/c1-2-16-14-20(12-13-21(16)26-23(29)18-8-10-19(25)11-9-18)33(31,32)28-15-22(27-24(28)30)17-6-4-3-5-7-17/h3-14,22H,2,15,25H2,1H3,(H,26,29)(H,27,30)/t22-/m1/s1. The predicted molar refractivity (Wildman–Crippen MR) is 126 cm³/mol. The van der Waals surface area contributed by atoms with Gasteiger partial charge in [-0.05, 0) is 60.0 Å². The minimum absolute atomic E-state index is 0.00225. The van der Waals surface area contributed by atoms with Crippen LogP contribution in [0.3, 0.4) is 0 Å². The van der Waals surface area contributed by atoms with E-state index in [0.717, 1.165) is 9.87 Å². The van der Waals surface area contributed by atoms with Crippen LogP contribution in [0.15, 0.2) is 77.7 Å². The van der Waals surface area contributed by atoms with E-state index in [2.05, 4.69) is 10.6 Å². The SMILES string of the molecule is CCc1cc(S(=O)(=O)N2C[C@H](c3ccccc3)NC2=O)ccc1NC(=O)c1ccc(N)cc1. The molecule has 170 valence electrons. The van der Waals surface area contributed by atoms with E-state index >= 15 is 0 Å². The zero-order chi connectivity index (χ0) is 23.6. The summed E-state index contributed by atoms with van der Waals surface area (Å²) < 4.78 is 27.3. The number of benzene rings is 3. The summed E-state index contributed by atoms with van der Waals surface area (Å²) in [5, 5.41) is 5.54. The molecule has 3 aromatic carbocycles. The lowest BCUT2D eigenvalue weighted by molar-refractivity contribution is 0.102. The Bertz CT molecular complexity index is 1290. The van der Waals surface area contributed by atoms with Crippen molar-refractivity contribution >= 4 is 33.3 Å². The maximum atomic E-state index is 13.2. The van der Waals surface area contributed by atoms with Gasteiger partial charge in [-0.1, -0.05) is 37.3 Å². The van der Waals surface area contributed by atoms with Gasteiger partial charge in [0.25, 0.3) is 15.9 Å². The van der Waals surface area contributed by atoms with Gasteiger partial charge < -0.3 is 16.4 Å². The van der Waals surface area contributed by atoms with Crippen molar-refractivity contribution in [2.24, 2.45) is 0 Å². The third-order valence-electron chi connectivity index (χ3n) is 5.54. The summed E-state index contributed by atoms with van der Waals surface area (Å²) in [5.41, 5.74) is 8.63. The van der Waals surface area contributed by atoms with Gasteiger partial charge in [0.05, 0.1) is 17.5 Å². The van der Waals surface area contributed by atoms with Crippen molar-refractivity contribution in [3.8, 4) is 0 Å². The molecule has 3 aromatic rings.